The van der Waals surface area contributed by atoms with Crippen LogP contribution >= 0.6 is 22.9 Å². The van der Waals surface area contributed by atoms with Crippen molar-refractivity contribution in [3.05, 3.63) is 140 Å². The number of nitrogens with zero attached hydrogens (tertiary/aromatic N) is 1. The number of carbonyl (C=O) groups excluding carboxylic acids is 1. The van der Waals surface area contributed by atoms with Crippen molar-refractivity contribution in [1.29, 1.82) is 0 Å². The number of rotatable bonds is 7. The summed E-state index contributed by atoms with van der Waals surface area (Å²) in [6.45, 7) is 1.01. The standard InChI is InChI=1S/C29H23ClN2O2S/c30-25-11-12-26-24(19-35-27(26)16-25)17-31-29(34)23-5-3-4-22(15-23)14-20-7-9-21(10-8-20)18-32-13-2-1-6-28(32)33/h1-13,15-16,19H,14,17-18H2,(H,31,34). The van der Waals surface area contributed by atoms with Gasteiger partial charge in [-0.05, 0) is 69.8 Å². The molecule has 5 aromatic rings. The van der Waals surface area contributed by atoms with Gasteiger partial charge in [0.15, 0.2) is 0 Å². The van der Waals surface area contributed by atoms with Crippen molar-refractivity contribution in [1.82, 2.24) is 9.88 Å². The summed E-state index contributed by atoms with van der Waals surface area (Å²) in [6.07, 6.45) is 2.52. The lowest BCUT2D eigenvalue weighted by atomic mass is 10.0. The van der Waals surface area contributed by atoms with Crippen molar-refractivity contribution < 1.29 is 4.79 Å². The summed E-state index contributed by atoms with van der Waals surface area (Å²) in [7, 11) is 0. The molecule has 5 rings (SSSR count). The van der Waals surface area contributed by atoms with E-state index in [1.165, 1.54) is 0 Å². The van der Waals surface area contributed by atoms with Gasteiger partial charge in [-0.25, -0.2) is 0 Å². The number of hydrogen-bond acceptors (Lipinski definition) is 3. The maximum Gasteiger partial charge on any atom is 0.251 e. The first-order valence-corrected chi connectivity index (χ1v) is 12.6. The predicted octanol–water partition coefficient (Wildman–Crippen LogP) is 6.29. The van der Waals surface area contributed by atoms with Gasteiger partial charge in [0, 0.05) is 34.1 Å². The molecule has 3 aromatic carbocycles. The van der Waals surface area contributed by atoms with Crippen LogP contribution in [0, 0.1) is 0 Å². The monoisotopic (exact) mass is 498 g/mol. The molecule has 0 spiro atoms. The Hall–Kier alpha value is -3.67. The molecule has 4 nitrogen and oxygen atoms in total. The second-order valence-electron chi connectivity index (χ2n) is 8.44. The van der Waals surface area contributed by atoms with Gasteiger partial charge >= 0.3 is 0 Å². The van der Waals surface area contributed by atoms with Gasteiger partial charge in [0.25, 0.3) is 11.5 Å². The fourth-order valence-corrected chi connectivity index (χ4v) is 5.32. The molecule has 0 aliphatic carbocycles. The Morgan fingerprint density at radius 2 is 1.71 bits per heavy atom. The van der Waals surface area contributed by atoms with Crippen molar-refractivity contribution in [3.8, 4) is 0 Å². The van der Waals surface area contributed by atoms with Crippen LogP contribution in [0.3, 0.4) is 0 Å². The van der Waals surface area contributed by atoms with E-state index in [4.69, 9.17) is 11.6 Å². The summed E-state index contributed by atoms with van der Waals surface area (Å²) in [6, 6.07) is 27.0. The van der Waals surface area contributed by atoms with Gasteiger partial charge in [0.05, 0.1) is 6.54 Å². The smallest absolute Gasteiger partial charge is 0.251 e. The summed E-state index contributed by atoms with van der Waals surface area (Å²) in [5, 5.41) is 6.94. The maximum atomic E-state index is 12.8. The van der Waals surface area contributed by atoms with Gasteiger partial charge in [-0.15, -0.1) is 11.3 Å². The zero-order valence-electron chi connectivity index (χ0n) is 18.9. The predicted molar refractivity (Wildman–Crippen MR) is 143 cm³/mol. The molecule has 1 N–H and O–H groups in total. The highest BCUT2D eigenvalue weighted by Crippen LogP contribution is 2.28. The number of pyridine rings is 1. The van der Waals surface area contributed by atoms with E-state index in [2.05, 4.69) is 22.8 Å². The quantitative estimate of drug-likeness (QED) is 0.287. The topological polar surface area (TPSA) is 51.1 Å². The molecule has 0 bridgehead atoms. The van der Waals surface area contributed by atoms with Crippen LogP contribution in [-0.4, -0.2) is 10.5 Å². The normalized spacial score (nSPS) is 11.0. The van der Waals surface area contributed by atoms with E-state index in [0.29, 0.717) is 23.7 Å². The maximum absolute atomic E-state index is 12.8. The van der Waals surface area contributed by atoms with Crippen LogP contribution in [0.1, 0.15) is 32.6 Å². The van der Waals surface area contributed by atoms with Crippen LogP contribution in [0.5, 0.6) is 0 Å². The minimum atomic E-state index is -0.0937. The highest BCUT2D eigenvalue weighted by Gasteiger charge is 2.10. The molecule has 0 saturated heterocycles. The molecule has 174 valence electrons. The van der Waals surface area contributed by atoms with E-state index in [0.717, 1.165) is 38.8 Å². The average Bonchev–Trinajstić information content (AvgIpc) is 3.27. The van der Waals surface area contributed by atoms with Gasteiger partial charge < -0.3 is 9.88 Å². The zero-order valence-corrected chi connectivity index (χ0v) is 20.5. The summed E-state index contributed by atoms with van der Waals surface area (Å²) in [5.41, 5.74) is 5.01. The Morgan fingerprint density at radius 1 is 0.886 bits per heavy atom. The third-order valence-corrected chi connectivity index (χ3v) is 7.16. The number of nitrogens with one attached hydrogen (secondary N) is 1. The third-order valence-electron chi connectivity index (χ3n) is 5.93. The number of fused-ring (bicyclic) bond motifs is 1. The molecule has 0 saturated carbocycles. The fourth-order valence-electron chi connectivity index (χ4n) is 4.08. The Balaban J connectivity index is 1.22. The molecule has 0 unspecified atom stereocenters. The highest BCUT2D eigenvalue weighted by molar-refractivity contribution is 7.17. The fraction of sp³-hybridized carbons (Fsp3) is 0.103. The minimum Gasteiger partial charge on any atom is -0.348 e. The lowest BCUT2D eigenvalue weighted by Crippen LogP contribution is -2.22. The first-order valence-electron chi connectivity index (χ1n) is 11.3. The lowest BCUT2D eigenvalue weighted by Gasteiger charge is -2.09. The number of aromatic nitrogens is 1. The molecule has 2 aromatic heterocycles. The molecular formula is C29H23ClN2O2S. The van der Waals surface area contributed by atoms with E-state index in [1.807, 2.05) is 60.7 Å². The number of amides is 1. The van der Waals surface area contributed by atoms with Gasteiger partial charge in [0.2, 0.25) is 0 Å². The lowest BCUT2D eigenvalue weighted by molar-refractivity contribution is 0.0951. The average molecular weight is 499 g/mol. The van der Waals surface area contributed by atoms with E-state index in [1.54, 1.807) is 34.2 Å². The van der Waals surface area contributed by atoms with Crippen LogP contribution in [0.15, 0.2) is 101 Å². The van der Waals surface area contributed by atoms with Crippen molar-refractivity contribution in [2.45, 2.75) is 19.5 Å². The molecule has 35 heavy (non-hydrogen) atoms. The summed E-state index contributed by atoms with van der Waals surface area (Å²) < 4.78 is 2.80. The van der Waals surface area contributed by atoms with Crippen molar-refractivity contribution in [3.63, 3.8) is 0 Å². The van der Waals surface area contributed by atoms with Crippen molar-refractivity contribution in [2.75, 3.05) is 0 Å². The Morgan fingerprint density at radius 3 is 2.54 bits per heavy atom. The molecule has 0 fully saturated rings. The van der Waals surface area contributed by atoms with Crippen LogP contribution < -0.4 is 10.9 Å². The van der Waals surface area contributed by atoms with Gasteiger partial charge in [-0.2, -0.15) is 0 Å². The van der Waals surface area contributed by atoms with Gasteiger partial charge in [-0.1, -0.05) is 60.1 Å². The largest absolute Gasteiger partial charge is 0.348 e. The van der Waals surface area contributed by atoms with E-state index in [9.17, 15) is 9.59 Å². The van der Waals surface area contributed by atoms with E-state index >= 15 is 0 Å². The second-order valence-corrected chi connectivity index (χ2v) is 9.79. The SMILES string of the molecule is O=C(NCc1csc2cc(Cl)ccc12)c1cccc(Cc2ccc(Cn3ccccc3=O)cc2)c1. The molecule has 2 heterocycles. The van der Waals surface area contributed by atoms with Gasteiger partial charge in [-0.3, -0.25) is 9.59 Å². The van der Waals surface area contributed by atoms with Crippen LogP contribution in [-0.2, 0) is 19.5 Å². The minimum absolute atomic E-state index is 0.0109. The number of carbonyl (C=O) groups is 1. The molecular weight excluding hydrogens is 476 g/mol. The van der Waals surface area contributed by atoms with Crippen molar-refractivity contribution >= 4 is 38.9 Å². The van der Waals surface area contributed by atoms with Crippen LogP contribution in [0.2, 0.25) is 5.02 Å². The summed E-state index contributed by atoms with van der Waals surface area (Å²) in [4.78, 5) is 24.8. The Labute approximate surface area is 212 Å². The highest BCUT2D eigenvalue weighted by atomic mass is 35.5. The molecule has 0 aliphatic heterocycles. The number of halogens is 1. The van der Waals surface area contributed by atoms with E-state index < -0.39 is 0 Å². The van der Waals surface area contributed by atoms with Crippen LogP contribution in [0.4, 0.5) is 0 Å². The molecule has 1 amide bonds. The first kappa shape index (κ1) is 23.1. The molecule has 0 atom stereocenters. The molecule has 6 heteroatoms. The Bertz CT molecular complexity index is 1550. The molecule has 0 aliphatic rings. The first-order chi connectivity index (χ1) is 17.0. The van der Waals surface area contributed by atoms with Crippen LogP contribution in [0.25, 0.3) is 10.1 Å². The third kappa shape index (κ3) is 5.53. The second kappa shape index (κ2) is 10.3. The van der Waals surface area contributed by atoms with E-state index in [-0.39, 0.29) is 11.5 Å². The molecule has 0 radical (unpaired) electrons. The summed E-state index contributed by atoms with van der Waals surface area (Å²) in [5.74, 6) is -0.0937. The summed E-state index contributed by atoms with van der Waals surface area (Å²) >= 11 is 7.71. The number of hydrogen-bond donors (Lipinski definition) is 1. The number of thiophene rings is 1. The number of benzene rings is 3. The Kier molecular flexibility index (Phi) is 6.80. The van der Waals surface area contributed by atoms with Gasteiger partial charge in [0.1, 0.15) is 0 Å². The van der Waals surface area contributed by atoms with Crippen molar-refractivity contribution in [2.24, 2.45) is 0 Å². The zero-order chi connectivity index (χ0) is 24.2.